The van der Waals surface area contributed by atoms with Crippen molar-refractivity contribution in [3.8, 4) is 11.4 Å². The second kappa shape index (κ2) is 7.65. The zero-order valence-electron chi connectivity index (χ0n) is 14.6. The molecule has 0 unspecified atom stereocenters. The van der Waals surface area contributed by atoms with Crippen LogP contribution in [0.15, 0.2) is 79.6 Å². The lowest BCUT2D eigenvalue weighted by atomic mass is 10.2. The molecule has 0 aliphatic rings. The van der Waals surface area contributed by atoms with Gasteiger partial charge in [-0.05, 0) is 42.3 Å². The minimum absolute atomic E-state index is 0.111. The number of nitrogens with one attached hydrogen (secondary N) is 1. The number of benzene rings is 2. The highest BCUT2D eigenvalue weighted by atomic mass is 16.1. The van der Waals surface area contributed by atoms with Crippen LogP contribution < -0.4 is 5.32 Å². The summed E-state index contributed by atoms with van der Waals surface area (Å²) in [5.41, 5.74) is 3.52. The number of hydrogen-bond donors (Lipinski definition) is 1. The van der Waals surface area contributed by atoms with E-state index < -0.39 is 0 Å². The smallest absolute Gasteiger partial charge is 0.251 e. The van der Waals surface area contributed by atoms with E-state index in [2.05, 4.69) is 20.6 Å². The van der Waals surface area contributed by atoms with E-state index in [1.54, 1.807) is 23.3 Å². The Labute approximate surface area is 156 Å². The van der Waals surface area contributed by atoms with Crippen LogP contribution in [0.1, 0.15) is 15.9 Å². The van der Waals surface area contributed by atoms with Gasteiger partial charge in [0.25, 0.3) is 5.91 Å². The van der Waals surface area contributed by atoms with Crippen LogP contribution in [0.3, 0.4) is 0 Å². The highest BCUT2D eigenvalue weighted by molar-refractivity contribution is 5.94. The first kappa shape index (κ1) is 16.7. The Balaban J connectivity index is 1.35. The van der Waals surface area contributed by atoms with E-state index in [1.165, 1.54) is 0 Å². The SMILES string of the molecule is O=C(NCCc1cnn(-c2ccccc2)c1)c1cccc(-n2cnnc2)c1. The maximum Gasteiger partial charge on any atom is 0.251 e. The van der Waals surface area contributed by atoms with Crippen LogP contribution in [-0.2, 0) is 6.42 Å². The minimum atomic E-state index is -0.111. The molecule has 1 N–H and O–H groups in total. The molecular weight excluding hydrogens is 340 g/mol. The fourth-order valence-corrected chi connectivity index (χ4v) is 2.78. The molecule has 2 heterocycles. The van der Waals surface area contributed by atoms with Gasteiger partial charge in [0.05, 0.1) is 11.9 Å². The maximum atomic E-state index is 12.4. The molecule has 0 fully saturated rings. The van der Waals surface area contributed by atoms with Crippen LogP contribution in [0.4, 0.5) is 0 Å². The van der Waals surface area contributed by atoms with Crippen molar-refractivity contribution in [2.45, 2.75) is 6.42 Å². The molecule has 7 heteroatoms. The largest absolute Gasteiger partial charge is 0.352 e. The van der Waals surface area contributed by atoms with E-state index in [0.717, 1.165) is 16.9 Å². The van der Waals surface area contributed by atoms with Gasteiger partial charge in [0.2, 0.25) is 0 Å². The summed E-state index contributed by atoms with van der Waals surface area (Å²) in [4.78, 5) is 12.4. The number of nitrogens with zero attached hydrogens (tertiary/aromatic N) is 5. The van der Waals surface area contributed by atoms with Gasteiger partial charge in [0.15, 0.2) is 0 Å². The number of amides is 1. The van der Waals surface area contributed by atoms with Crippen molar-refractivity contribution in [3.05, 3.63) is 90.8 Å². The Morgan fingerprint density at radius 3 is 2.56 bits per heavy atom. The molecule has 27 heavy (non-hydrogen) atoms. The van der Waals surface area contributed by atoms with Crippen molar-refractivity contribution in [1.29, 1.82) is 0 Å². The molecule has 0 radical (unpaired) electrons. The average molecular weight is 358 g/mol. The van der Waals surface area contributed by atoms with Gasteiger partial charge in [0, 0.05) is 24.0 Å². The van der Waals surface area contributed by atoms with E-state index in [0.29, 0.717) is 18.5 Å². The Bertz CT molecular complexity index is 1020. The molecule has 7 nitrogen and oxygen atoms in total. The van der Waals surface area contributed by atoms with Gasteiger partial charge in [-0.3, -0.25) is 9.36 Å². The predicted octanol–water partition coefficient (Wildman–Crippen LogP) is 2.43. The Morgan fingerprint density at radius 1 is 0.963 bits per heavy atom. The van der Waals surface area contributed by atoms with Crippen LogP contribution in [0.2, 0.25) is 0 Å². The van der Waals surface area contributed by atoms with Crippen LogP contribution in [0, 0.1) is 0 Å². The van der Waals surface area contributed by atoms with E-state index >= 15 is 0 Å². The third-order valence-corrected chi connectivity index (χ3v) is 4.18. The van der Waals surface area contributed by atoms with E-state index in [4.69, 9.17) is 0 Å². The zero-order chi connectivity index (χ0) is 18.5. The van der Waals surface area contributed by atoms with Gasteiger partial charge in [-0.2, -0.15) is 5.10 Å². The molecular formula is C20H18N6O. The molecule has 0 spiro atoms. The van der Waals surface area contributed by atoms with Crippen LogP contribution in [-0.4, -0.2) is 37.0 Å². The number of carbonyl (C=O) groups excluding carboxylic acids is 1. The normalized spacial score (nSPS) is 10.7. The highest BCUT2D eigenvalue weighted by Crippen LogP contribution is 2.10. The summed E-state index contributed by atoms with van der Waals surface area (Å²) in [6, 6.07) is 17.3. The molecule has 4 aromatic rings. The zero-order valence-corrected chi connectivity index (χ0v) is 14.6. The molecule has 0 saturated heterocycles. The Kier molecular flexibility index (Phi) is 4.74. The Morgan fingerprint density at radius 2 is 1.74 bits per heavy atom. The lowest BCUT2D eigenvalue weighted by Gasteiger charge is -2.07. The quantitative estimate of drug-likeness (QED) is 0.574. The molecule has 0 saturated carbocycles. The van der Waals surface area contributed by atoms with Crippen molar-refractivity contribution < 1.29 is 4.79 Å². The first-order valence-corrected chi connectivity index (χ1v) is 8.62. The molecule has 2 aromatic heterocycles. The third kappa shape index (κ3) is 3.92. The fourth-order valence-electron chi connectivity index (χ4n) is 2.78. The summed E-state index contributed by atoms with van der Waals surface area (Å²) >= 11 is 0. The summed E-state index contributed by atoms with van der Waals surface area (Å²) in [5.74, 6) is -0.111. The first-order valence-electron chi connectivity index (χ1n) is 8.62. The summed E-state index contributed by atoms with van der Waals surface area (Å²) in [5, 5.41) is 14.9. The van der Waals surface area contributed by atoms with Crippen molar-refractivity contribution in [2.24, 2.45) is 0 Å². The molecule has 134 valence electrons. The fraction of sp³-hybridized carbons (Fsp3) is 0.100. The van der Waals surface area contributed by atoms with Gasteiger partial charge in [-0.15, -0.1) is 10.2 Å². The number of hydrogen-bond acceptors (Lipinski definition) is 4. The minimum Gasteiger partial charge on any atom is -0.352 e. The number of para-hydroxylation sites is 1. The Hall–Kier alpha value is -3.74. The van der Waals surface area contributed by atoms with Gasteiger partial charge >= 0.3 is 0 Å². The topological polar surface area (TPSA) is 77.6 Å². The van der Waals surface area contributed by atoms with Crippen LogP contribution >= 0.6 is 0 Å². The molecule has 2 aromatic carbocycles. The van der Waals surface area contributed by atoms with E-state index in [9.17, 15) is 4.79 Å². The summed E-state index contributed by atoms with van der Waals surface area (Å²) in [6.07, 6.45) is 7.71. The predicted molar refractivity (Wildman–Crippen MR) is 101 cm³/mol. The van der Waals surface area contributed by atoms with Crippen molar-refractivity contribution in [1.82, 2.24) is 29.9 Å². The maximum absolute atomic E-state index is 12.4. The van der Waals surface area contributed by atoms with Crippen molar-refractivity contribution >= 4 is 5.91 Å². The standard InChI is InChI=1S/C20H18N6O/c27-20(17-5-4-8-19(11-17)25-14-22-23-15-25)21-10-9-16-12-24-26(13-16)18-6-2-1-3-7-18/h1-8,11-15H,9-10H2,(H,21,27). The molecule has 1 amide bonds. The monoisotopic (exact) mass is 358 g/mol. The van der Waals surface area contributed by atoms with Gasteiger partial charge in [-0.25, -0.2) is 4.68 Å². The van der Waals surface area contributed by atoms with Gasteiger partial charge in [-0.1, -0.05) is 24.3 Å². The van der Waals surface area contributed by atoms with E-state index in [1.807, 2.05) is 65.6 Å². The second-order valence-electron chi connectivity index (χ2n) is 6.05. The molecule has 4 rings (SSSR count). The summed E-state index contributed by atoms with van der Waals surface area (Å²) in [7, 11) is 0. The third-order valence-electron chi connectivity index (χ3n) is 4.18. The van der Waals surface area contributed by atoms with Crippen molar-refractivity contribution in [3.63, 3.8) is 0 Å². The highest BCUT2D eigenvalue weighted by Gasteiger charge is 2.07. The molecule has 0 bridgehead atoms. The van der Waals surface area contributed by atoms with E-state index in [-0.39, 0.29) is 5.91 Å². The number of aromatic nitrogens is 5. The summed E-state index contributed by atoms with van der Waals surface area (Å²) < 4.78 is 3.59. The van der Waals surface area contributed by atoms with Crippen LogP contribution in [0.5, 0.6) is 0 Å². The lowest BCUT2D eigenvalue weighted by Crippen LogP contribution is -2.25. The number of carbonyl (C=O) groups is 1. The second-order valence-corrected chi connectivity index (χ2v) is 6.05. The summed E-state index contributed by atoms with van der Waals surface area (Å²) in [6.45, 7) is 0.538. The molecule has 0 aliphatic heterocycles. The van der Waals surface area contributed by atoms with Crippen LogP contribution in [0.25, 0.3) is 11.4 Å². The molecule has 0 atom stereocenters. The van der Waals surface area contributed by atoms with Gasteiger partial charge < -0.3 is 5.32 Å². The van der Waals surface area contributed by atoms with Gasteiger partial charge in [0.1, 0.15) is 12.7 Å². The number of rotatable bonds is 6. The lowest BCUT2D eigenvalue weighted by molar-refractivity contribution is 0.0954. The average Bonchev–Trinajstić information content (AvgIpc) is 3.41. The molecule has 0 aliphatic carbocycles. The van der Waals surface area contributed by atoms with Crippen molar-refractivity contribution in [2.75, 3.05) is 6.54 Å². The first-order chi connectivity index (χ1) is 13.3.